The molecule has 1 fully saturated rings. The lowest BCUT2D eigenvalue weighted by Gasteiger charge is -2.33. The van der Waals surface area contributed by atoms with Gasteiger partial charge in [-0.05, 0) is 49.1 Å². The number of aromatic nitrogens is 1. The number of nitrogens with zero attached hydrogens (tertiary/aromatic N) is 2. The number of fused-ring (bicyclic) bond motifs is 1. The fraction of sp³-hybridized carbons (Fsp3) is 0.500. The molecule has 0 bridgehead atoms. The van der Waals surface area contributed by atoms with E-state index >= 15 is 0 Å². The third-order valence-electron chi connectivity index (χ3n) is 4.05. The maximum atomic E-state index is 5.64. The number of pyridine rings is 1. The molecule has 1 unspecified atom stereocenters. The van der Waals surface area contributed by atoms with Crippen molar-refractivity contribution >= 4 is 16.6 Å². The van der Waals surface area contributed by atoms with Crippen LogP contribution in [-0.2, 0) is 11.2 Å². The number of morpholine rings is 1. The lowest BCUT2D eigenvalue weighted by molar-refractivity contribution is 0.0532. The molecular formula is C18H24N2O. The molecule has 0 amide bonds. The minimum Gasteiger partial charge on any atom is -0.375 e. The van der Waals surface area contributed by atoms with Gasteiger partial charge < -0.3 is 9.64 Å². The molecule has 3 nitrogen and oxygen atoms in total. The van der Waals surface area contributed by atoms with Crippen molar-refractivity contribution in [2.45, 2.75) is 33.3 Å². The van der Waals surface area contributed by atoms with Gasteiger partial charge in [-0.3, -0.25) is 4.98 Å². The molecule has 1 atom stereocenters. The van der Waals surface area contributed by atoms with Crippen molar-refractivity contribution in [1.29, 1.82) is 0 Å². The number of rotatable bonds is 3. The van der Waals surface area contributed by atoms with Crippen LogP contribution >= 0.6 is 0 Å². The van der Waals surface area contributed by atoms with Crippen molar-refractivity contribution in [2.75, 3.05) is 24.6 Å². The van der Waals surface area contributed by atoms with Crippen molar-refractivity contribution in [1.82, 2.24) is 4.98 Å². The van der Waals surface area contributed by atoms with Crippen LogP contribution in [0.5, 0.6) is 0 Å². The van der Waals surface area contributed by atoms with Gasteiger partial charge in [0.25, 0.3) is 0 Å². The molecule has 3 heteroatoms. The Morgan fingerprint density at radius 3 is 2.95 bits per heavy atom. The number of hydrogen-bond donors (Lipinski definition) is 0. The molecule has 3 rings (SSSR count). The van der Waals surface area contributed by atoms with Crippen LogP contribution in [0.2, 0.25) is 0 Å². The molecule has 0 aliphatic carbocycles. The first-order valence-electron chi connectivity index (χ1n) is 7.87. The van der Waals surface area contributed by atoms with E-state index in [1.54, 1.807) is 0 Å². The lowest BCUT2D eigenvalue weighted by atomic mass is 9.99. The summed E-state index contributed by atoms with van der Waals surface area (Å²) in [5.74, 6) is 0.655. The highest BCUT2D eigenvalue weighted by molar-refractivity contribution is 5.85. The van der Waals surface area contributed by atoms with Crippen LogP contribution in [0.15, 0.2) is 30.5 Å². The molecule has 0 N–H and O–H groups in total. The maximum absolute atomic E-state index is 5.64. The Morgan fingerprint density at radius 1 is 1.33 bits per heavy atom. The van der Waals surface area contributed by atoms with Gasteiger partial charge in [0.2, 0.25) is 0 Å². The standard InChI is InChI=1S/C18H24N2O/c1-13(2)10-15-6-7-19-18-5-4-16(11-17(15)18)20-8-9-21-14(3)12-20/h4-7,11,13-14H,8-10,12H2,1-3H3. The molecular weight excluding hydrogens is 260 g/mol. The quantitative estimate of drug-likeness (QED) is 0.860. The Hall–Kier alpha value is -1.61. The van der Waals surface area contributed by atoms with Gasteiger partial charge in [-0.25, -0.2) is 0 Å². The average molecular weight is 284 g/mol. The van der Waals surface area contributed by atoms with E-state index in [1.807, 2.05) is 6.20 Å². The first-order chi connectivity index (χ1) is 10.1. The summed E-state index contributed by atoms with van der Waals surface area (Å²) in [4.78, 5) is 6.92. The molecule has 2 aromatic rings. The molecule has 0 saturated carbocycles. The summed E-state index contributed by atoms with van der Waals surface area (Å²) in [6.07, 6.45) is 3.33. The first kappa shape index (κ1) is 14.3. The van der Waals surface area contributed by atoms with Crippen molar-refractivity contribution < 1.29 is 4.74 Å². The summed E-state index contributed by atoms with van der Waals surface area (Å²) in [6.45, 7) is 9.41. The van der Waals surface area contributed by atoms with Gasteiger partial charge in [0.15, 0.2) is 0 Å². The molecule has 0 radical (unpaired) electrons. The summed E-state index contributed by atoms with van der Waals surface area (Å²) in [6, 6.07) is 8.80. The number of ether oxygens (including phenoxy) is 1. The molecule has 2 heterocycles. The number of anilines is 1. The highest BCUT2D eigenvalue weighted by Gasteiger charge is 2.17. The van der Waals surface area contributed by atoms with Gasteiger partial charge >= 0.3 is 0 Å². The van der Waals surface area contributed by atoms with E-state index in [0.29, 0.717) is 12.0 Å². The van der Waals surface area contributed by atoms with Crippen LogP contribution in [0, 0.1) is 5.92 Å². The molecule has 1 saturated heterocycles. The third-order valence-corrected chi connectivity index (χ3v) is 4.05. The smallest absolute Gasteiger partial charge is 0.0722 e. The minimum atomic E-state index is 0.304. The Bertz CT molecular complexity index is 624. The second kappa shape index (κ2) is 6.02. The summed E-state index contributed by atoms with van der Waals surface area (Å²) in [7, 11) is 0. The zero-order chi connectivity index (χ0) is 14.8. The Kier molecular flexibility index (Phi) is 4.11. The Labute approximate surface area is 126 Å². The van der Waals surface area contributed by atoms with Crippen molar-refractivity contribution in [3.8, 4) is 0 Å². The third kappa shape index (κ3) is 3.18. The number of hydrogen-bond acceptors (Lipinski definition) is 3. The number of benzene rings is 1. The molecule has 1 aliphatic heterocycles. The Balaban J connectivity index is 1.97. The predicted octanol–water partition coefficient (Wildman–Crippen LogP) is 3.66. The average Bonchev–Trinajstić information content (AvgIpc) is 2.47. The van der Waals surface area contributed by atoms with Gasteiger partial charge in [0, 0.05) is 30.4 Å². The molecule has 1 aromatic heterocycles. The largest absolute Gasteiger partial charge is 0.375 e. The van der Waals surface area contributed by atoms with Gasteiger partial charge in [-0.15, -0.1) is 0 Å². The molecule has 1 aliphatic rings. The van der Waals surface area contributed by atoms with Gasteiger partial charge in [0.05, 0.1) is 18.2 Å². The highest BCUT2D eigenvalue weighted by atomic mass is 16.5. The van der Waals surface area contributed by atoms with E-state index in [-0.39, 0.29) is 0 Å². The fourth-order valence-electron chi connectivity index (χ4n) is 3.06. The second-order valence-electron chi connectivity index (χ2n) is 6.40. The lowest BCUT2D eigenvalue weighted by Crippen LogP contribution is -2.41. The molecule has 112 valence electrons. The van der Waals surface area contributed by atoms with E-state index in [0.717, 1.165) is 31.6 Å². The summed E-state index contributed by atoms with van der Waals surface area (Å²) < 4.78 is 5.64. The van der Waals surface area contributed by atoms with Crippen LogP contribution in [0.4, 0.5) is 5.69 Å². The monoisotopic (exact) mass is 284 g/mol. The van der Waals surface area contributed by atoms with E-state index in [9.17, 15) is 0 Å². The van der Waals surface area contributed by atoms with Crippen LogP contribution < -0.4 is 4.90 Å². The van der Waals surface area contributed by atoms with Crippen molar-refractivity contribution in [2.24, 2.45) is 5.92 Å². The maximum Gasteiger partial charge on any atom is 0.0722 e. The Morgan fingerprint density at radius 2 is 2.19 bits per heavy atom. The van der Waals surface area contributed by atoms with Crippen molar-refractivity contribution in [3.63, 3.8) is 0 Å². The van der Waals surface area contributed by atoms with Crippen molar-refractivity contribution in [3.05, 3.63) is 36.0 Å². The van der Waals surface area contributed by atoms with Crippen LogP contribution in [0.1, 0.15) is 26.3 Å². The molecule has 1 aromatic carbocycles. The van der Waals surface area contributed by atoms with E-state index in [4.69, 9.17) is 4.74 Å². The van der Waals surface area contributed by atoms with Gasteiger partial charge in [-0.2, -0.15) is 0 Å². The zero-order valence-corrected chi connectivity index (χ0v) is 13.2. The van der Waals surface area contributed by atoms with E-state index in [1.165, 1.54) is 16.6 Å². The summed E-state index contributed by atoms with van der Waals surface area (Å²) >= 11 is 0. The van der Waals surface area contributed by atoms with E-state index < -0.39 is 0 Å². The van der Waals surface area contributed by atoms with Gasteiger partial charge in [-0.1, -0.05) is 13.8 Å². The summed E-state index contributed by atoms with van der Waals surface area (Å²) in [5.41, 5.74) is 3.78. The zero-order valence-electron chi connectivity index (χ0n) is 13.2. The normalized spacial score (nSPS) is 19.4. The SMILES string of the molecule is CC(C)Cc1ccnc2ccc(N3CCOC(C)C3)cc12. The van der Waals surface area contributed by atoms with Crippen LogP contribution in [-0.4, -0.2) is 30.8 Å². The molecule has 21 heavy (non-hydrogen) atoms. The fourth-order valence-corrected chi connectivity index (χ4v) is 3.06. The highest BCUT2D eigenvalue weighted by Crippen LogP contribution is 2.26. The topological polar surface area (TPSA) is 25.4 Å². The predicted molar refractivity (Wildman–Crippen MR) is 87.9 cm³/mol. The van der Waals surface area contributed by atoms with E-state index in [2.05, 4.69) is 54.9 Å². The molecule has 0 spiro atoms. The second-order valence-corrected chi connectivity index (χ2v) is 6.40. The van der Waals surface area contributed by atoms with Crippen LogP contribution in [0.3, 0.4) is 0 Å². The minimum absolute atomic E-state index is 0.304. The first-order valence-corrected chi connectivity index (χ1v) is 7.87. The van der Waals surface area contributed by atoms with Gasteiger partial charge in [0.1, 0.15) is 0 Å². The van der Waals surface area contributed by atoms with Crippen LogP contribution in [0.25, 0.3) is 10.9 Å². The summed E-state index contributed by atoms with van der Waals surface area (Å²) in [5, 5.41) is 1.29.